The van der Waals surface area contributed by atoms with Crippen molar-refractivity contribution in [1.82, 2.24) is 15.5 Å². The number of anilines is 1. The van der Waals surface area contributed by atoms with Gasteiger partial charge in [0, 0.05) is 46.8 Å². The first-order valence-electron chi connectivity index (χ1n) is 14.2. The summed E-state index contributed by atoms with van der Waals surface area (Å²) in [5, 5.41) is 10.1. The van der Waals surface area contributed by atoms with E-state index in [0.717, 1.165) is 5.56 Å². The molecule has 1 aromatic carbocycles. The van der Waals surface area contributed by atoms with Crippen LogP contribution in [0.3, 0.4) is 0 Å². The Morgan fingerprint density at radius 1 is 1.29 bits per heavy atom. The van der Waals surface area contributed by atoms with Crippen molar-refractivity contribution >= 4 is 40.7 Å². The molecule has 0 aromatic heterocycles. The highest BCUT2D eigenvalue weighted by molar-refractivity contribution is 6.31. The Kier molecular flexibility index (Phi) is 10.2. The van der Waals surface area contributed by atoms with Crippen LogP contribution >= 0.6 is 23.2 Å². The van der Waals surface area contributed by atoms with Gasteiger partial charge in [-0.2, -0.15) is 0 Å². The molecule has 2 saturated heterocycles. The molecule has 6 nitrogen and oxygen atoms in total. The van der Waals surface area contributed by atoms with E-state index in [2.05, 4.69) is 43.3 Å². The summed E-state index contributed by atoms with van der Waals surface area (Å²) in [7, 11) is 0. The van der Waals surface area contributed by atoms with Gasteiger partial charge in [-0.3, -0.25) is 14.5 Å². The van der Waals surface area contributed by atoms with Crippen LogP contribution in [-0.2, 0) is 15.0 Å². The Balaban J connectivity index is 1.73. The van der Waals surface area contributed by atoms with E-state index in [9.17, 15) is 22.8 Å². The SMILES string of the molecule is C=C(/C=C\C=C(\Cl)CF)[C@H]1[C@H](C(=O)NC2CCN(CC(F)F)CC2)N[C@H](CC(C)(C)C)[C@]12C(=O)Nc1cc(Cl)ccc12. The van der Waals surface area contributed by atoms with Crippen LogP contribution in [0.15, 0.2) is 53.6 Å². The molecule has 4 rings (SSSR count). The third-order valence-electron chi connectivity index (χ3n) is 8.35. The number of fused-ring (bicyclic) bond motifs is 2. The summed E-state index contributed by atoms with van der Waals surface area (Å²) >= 11 is 12.2. The van der Waals surface area contributed by atoms with Crippen molar-refractivity contribution in [3.8, 4) is 0 Å². The number of nitrogens with zero attached hydrogens (tertiary/aromatic N) is 1. The maximum absolute atomic E-state index is 14.1. The van der Waals surface area contributed by atoms with Crippen LogP contribution in [-0.4, -0.2) is 67.6 Å². The van der Waals surface area contributed by atoms with Crippen LogP contribution in [0.25, 0.3) is 0 Å². The quantitative estimate of drug-likeness (QED) is 0.295. The van der Waals surface area contributed by atoms with Crippen molar-refractivity contribution in [3.63, 3.8) is 0 Å². The van der Waals surface area contributed by atoms with Gasteiger partial charge in [0.25, 0.3) is 6.43 Å². The summed E-state index contributed by atoms with van der Waals surface area (Å²) in [6, 6.07) is 3.81. The summed E-state index contributed by atoms with van der Waals surface area (Å²) in [6.45, 7) is 10.3. The molecular formula is C31H39Cl2F3N4O2. The molecule has 230 valence electrons. The predicted octanol–water partition coefficient (Wildman–Crippen LogP) is 5.97. The van der Waals surface area contributed by atoms with Gasteiger partial charge in [-0.15, -0.1) is 0 Å². The van der Waals surface area contributed by atoms with E-state index in [1.54, 1.807) is 29.2 Å². The third-order valence-corrected chi connectivity index (χ3v) is 8.81. The number of rotatable bonds is 9. The zero-order valence-electron chi connectivity index (χ0n) is 24.2. The van der Waals surface area contributed by atoms with Crippen molar-refractivity contribution in [2.45, 2.75) is 70.0 Å². The number of alkyl halides is 3. The van der Waals surface area contributed by atoms with E-state index in [1.165, 1.54) is 6.08 Å². The first kappa shape index (κ1) is 32.6. The fourth-order valence-electron chi connectivity index (χ4n) is 6.64. The Hall–Kier alpha value is -2.33. The molecule has 42 heavy (non-hydrogen) atoms. The fraction of sp³-hybridized carbons (Fsp3) is 0.548. The second kappa shape index (κ2) is 13.1. The lowest BCUT2D eigenvalue weighted by molar-refractivity contribution is -0.125. The standard InChI is InChI=1S/C31H39Cl2F3N4O2/c1-18(6-5-7-20(33)16-34)26-27(28(41)37-21-10-12-40(13-11-21)17-25(35)36)39-24(15-30(2,3)4)31(26)22-9-8-19(32)14-23(22)38-29(31)42/h5-9,14,21,24-27,39H,1,10-13,15-17H2,2-4H3,(H,37,41)(H,38,42)/b6-5-,20-7+/t24-,26+,27-,31+/m1/s1. The number of halogens is 5. The van der Waals surface area contributed by atoms with Gasteiger partial charge in [-0.25, -0.2) is 13.2 Å². The summed E-state index contributed by atoms with van der Waals surface area (Å²) in [5.74, 6) is -1.25. The van der Waals surface area contributed by atoms with Crippen LogP contribution in [0.2, 0.25) is 5.02 Å². The van der Waals surface area contributed by atoms with Crippen LogP contribution in [0.5, 0.6) is 0 Å². The zero-order valence-corrected chi connectivity index (χ0v) is 25.7. The highest BCUT2D eigenvalue weighted by Gasteiger charge is 2.65. The van der Waals surface area contributed by atoms with Crippen molar-refractivity contribution in [1.29, 1.82) is 0 Å². The molecule has 3 heterocycles. The van der Waals surface area contributed by atoms with Gasteiger partial charge in [0.2, 0.25) is 11.8 Å². The highest BCUT2D eigenvalue weighted by Crippen LogP contribution is 2.55. The normalized spacial score (nSPS) is 27.2. The van der Waals surface area contributed by atoms with Crippen LogP contribution in [0.4, 0.5) is 18.9 Å². The Labute approximate surface area is 255 Å². The van der Waals surface area contributed by atoms with Crippen molar-refractivity contribution < 1.29 is 22.8 Å². The lowest BCUT2D eigenvalue weighted by Crippen LogP contribution is -2.52. The van der Waals surface area contributed by atoms with E-state index < -0.39 is 36.5 Å². The van der Waals surface area contributed by atoms with E-state index in [4.69, 9.17) is 23.2 Å². The molecule has 0 saturated carbocycles. The Morgan fingerprint density at radius 2 is 1.98 bits per heavy atom. The maximum atomic E-state index is 14.1. The number of hydrogen-bond donors (Lipinski definition) is 3. The van der Waals surface area contributed by atoms with Gasteiger partial charge < -0.3 is 16.0 Å². The predicted molar refractivity (Wildman–Crippen MR) is 162 cm³/mol. The third kappa shape index (κ3) is 6.90. The van der Waals surface area contributed by atoms with Gasteiger partial charge in [0.05, 0.1) is 12.6 Å². The summed E-state index contributed by atoms with van der Waals surface area (Å²) in [5.41, 5.74) is 0.421. The fourth-order valence-corrected chi connectivity index (χ4v) is 6.89. The molecule has 3 aliphatic rings. The van der Waals surface area contributed by atoms with E-state index in [-0.39, 0.29) is 34.8 Å². The molecule has 3 aliphatic heterocycles. The second-order valence-electron chi connectivity index (χ2n) is 12.6. The van der Waals surface area contributed by atoms with E-state index in [0.29, 0.717) is 48.6 Å². The summed E-state index contributed by atoms with van der Waals surface area (Å²) in [6.07, 6.45) is 3.90. The maximum Gasteiger partial charge on any atom is 0.251 e. The number of likely N-dealkylation sites (tertiary alicyclic amines) is 1. The monoisotopic (exact) mass is 626 g/mol. The van der Waals surface area contributed by atoms with Gasteiger partial charge in [0.15, 0.2) is 0 Å². The molecule has 2 amide bonds. The van der Waals surface area contributed by atoms with Gasteiger partial charge in [0.1, 0.15) is 12.1 Å². The highest BCUT2D eigenvalue weighted by atomic mass is 35.5. The number of hydrogen-bond acceptors (Lipinski definition) is 4. The smallest absolute Gasteiger partial charge is 0.251 e. The molecule has 1 aromatic rings. The number of benzene rings is 1. The Bertz CT molecular complexity index is 1260. The summed E-state index contributed by atoms with van der Waals surface area (Å²) < 4.78 is 38.7. The lowest BCUT2D eigenvalue weighted by atomic mass is 9.62. The van der Waals surface area contributed by atoms with Gasteiger partial charge in [-0.1, -0.05) is 68.8 Å². The van der Waals surface area contributed by atoms with Crippen LogP contribution < -0.4 is 16.0 Å². The van der Waals surface area contributed by atoms with E-state index >= 15 is 0 Å². The molecule has 1 spiro atoms. The number of allylic oxidation sites excluding steroid dienone is 4. The topological polar surface area (TPSA) is 73.5 Å². The first-order chi connectivity index (χ1) is 19.8. The minimum atomic E-state index is -2.40. The molecule has 11 heteroatoms. The molecule has 0 bridgehead atoms. The van der Waals surface area contributed by atoms with Gasteiger partial charge in [-0.05, 0) is 54.0 Å². The minimum absolute atomic E-state index is 0.00925. The second-order valence-corrected chi connectivity index (χ2v) is 13.5. The minimum Gasteiger partial charge on any atom is -0.352 e. The number of nitrogens with one attached hydrogen (secondary N) is 3. The first-order valence-corrected chi connectivity index (χ1v) is 15.0. The largest absolute Gasteiger partial charge is 0.352 e. The molecule has 0 radical (unpaired) electrons. The molecule has 4 atom stereocenters. The lowest BCUT2D eigenvalue weighted by Gasteiger charge is -2.38. The number of piperidine rings is 1. The average molecular weight is 628 g/mol. The van der Waals surface area contributed by atoms with Crippen molar-refractivity contribution in [2.75, 3.05) is 31.6 Å². The molecule has 3 N–H and O–H groups in total. The van der Waals surface area contributed by atoms with Crippen molar-refractivity contribution in [2.24, 2.45) is 11.3 Å². The van der Waals surface area contributed by atoms with Crippen LogP contribution in [0.1, 0.15) is 45.6 Å². The molecule has 2 fully saturated rings. The van der Waals surface area contributed by atoms with Gasteiger partial charge >= 0.3 is 0 Å². The summed E-state index contributed by atoms with van der Waals surface area (Å²) in [4.78, 5) is 29.9. The number of amides is 2. The average Bonchev–Trinajstić information content (AvgIpc) is 3.38. The number of carbonyl (C=O) groups is 2. The number of carbonyl (C=O) groups excluding carboxylic acids is 2. The van der Waals surface area contributed by atoms with Crippen LogP contribution in [0, 0.1) is 11.3 Å². The molecular weight excluding hydrogens is 588 g/mol. The van der Waals surface area contributed by atoms with E-state index in [1.807, 2.05) is 6.07 Å². The van der Waals surface area contributed by atoms with Crippen molar-refractivity contribution in [3.05, 3.63) is 64.2 Å². The Morgan fingerprint density at radius 3 is 2.60 bits per heavy atom. The molecule has 0 unspecified atom stereocenters. The molecule has 0 aliphatic carbocycles. The zero-order chi connectivity index (χ0) is 30.8.